The van der Waals surface area contributed by atoms with Crippen LogP contribution in [0.3, 0.4) is 0 Å². The fourth-order valence-corrected chi connectivity index (χ4v) is 3.27. The molecule has 0 radical (unpaired) electrons. The van der Waals surface area contributed by atoms with Gasteiger partial charge in [-0.3, -0.25) is 0 Å². The van der Waals surface area contributed by atoms with E-state index >= 15 is 0 Å². The molecule has 0 amide bonds. The van der Waals surface area contributed by atoms with Crippen molar-refractivity contribution in [2.75, 3.05) is 0 Å². The van der Waals surface area contributed by atoms with Crippen LogP contribution in [0.4, 0.5) is 0 Å². The number of hydrogen-bond donors (Lipinski definition) is 1. The number of benzene rings is 2. The second kappa shape index (κ2) is 5.75. The minimum absolute atomic E-state index is 0.660. The molecule has 1 heterocycles. The molecule has 0 fully saturated rings. The summed E-state index contributed by atoms with van der Waals surface area (Å²) in [5.74, 6) is 0. The van der Waals surface area contributed by atoms with E-state index in [4.69, 9.17) is 24.4 Å². The standard InChI is InChI=1S/C15H11IN2S2/c16-11-6-7-13-12(8-11)14(19)18(15(20)17-13)9-10-4-2-1-3-5-10/h1-8H,9H2,(H,17,20). The van der Waals surface area contributed by atoms with Crippen molar-refractivity contribution in [3.8, 4) is 0 Å². The summed E-state index contributed by atoms with van der Waals surface area (Å²) < 4.78 is 4.58. The van der Waals surface area contributed by atoms with Crippen LogP contribution in [-0.4, -0.2) is 9.55 Å². The molecule has 0 saturated heterocycles. The van der Waals surface area contributed by atoms with Gasteiger partial charge in [-0.25, -0.2) is 0 Å². The minimum Gasteiger partial charge on any atom is -0.332 e. The summed E-state index contributed by atoms with van der Waals surface area (Å²) in [4.78, 5) is 3.25. The minimum atomic E-state index is 0.660. The topological polar surface area (TPSA) is 20.7 Å². The average Bonchev–Trinajstić information content (AvgIpc) is 2.46. The van der Waals surface area contributed by atoms with Gasteiger partial charge in [-0.15, -0.1) is 0 Å². The van der Waals surface area contributed by atoms with Crippen LogP contribution >= 0.6 is 47.0 Å². The molecule has 0 aliphatic carbocycles. The summed E-state index contributed by atoms with van der Waals surface area (Å²) in [6, 6.07) is 16.4. The van der Waals surface area contributed by atoms with Crippen LogP contribution in [0.25, 0.3) is 10.9 Å². The van der Waals surface area contributed by atoms with Gasteiger partial charge in [-0.05, 0) is 58.6 Å². The van der Waals surface area contributed by atoms with Gasteiger partial charge in [0.05, 0.1) is 12.1 Å². The molecule has 2 nitrogen and oxygen atoms in total. The molecule has 3 rings (SSSR count). The predicted octanol–water partition coefficient (Wildman–Crippen LogP) is 5.08. The van der Waals surface area contributed by atoms with Crippen molar-refractivity contribution >= 4 is 57.9 Å². The first-order valence-corrected chi connectivity index (χ1v) is 8.01. The normalized spacial score (nSPS) is 10.8. The Hall–Kier alpha value is -1.05. The Morgan fingerprint density at radius 3 is 2.55 bits per heavy atom. The molecule has 0 aliphatic rings. The van der Waals surface area contributed by atoms with E-state index in [1.54, 1.807) is 0 Å². The summed E-state index contributed by atoms with van der Waals surface area (Å²) in [6.07, 6.45) is 0. The lowest BCUT2D eigenvalue weighted by atomic mass is 10.2. The number of halogens is 1. The van der Waals surface area contributed by atoms with Crippen LogP contribution in [0.5, 0.6) is 0 Å². The largest absolute Gasteiger partial charge is 0.332 e. The first kappa shape index (κ1) is 13.9. The van der Waals surface area contributed by atoms with E-state index in [9.17, 15) is 0 Å². The number of nitrogens with one attached hydrogen (secondary N) is 1. The van der Waals surface area contributed by atoms with Crippen LogP contribution in [0, 0.1) is 13.0 Å². The average molecular weight is 410 g/mol. The first-order valence-electron chi connectivity index (χ1n) is 6.11. The van der Waals surface area contributed by atoms with E-state index in [2.05, 4.69) is 45.8 Å². The number of hydrogen-bond acceptors (Lipinski definition) is 2. The molecule has 0 saturated carbocycles. The molecule has 0 unspecified atom stereocenters. The molecule has 0 atom stereocenters. The Labute approximate surface area is 140 Å². The van der Waals surface area contributed by atoms with Gasteiger partial charge < -0.3 is 9.55 Å². The van der Waals surface area contributed by atoms with E-state index in [-0.39, 0.29) is 0 Å². The number of aromatic amines is 1. The third-order valence-electron chi connectivity index (χ3n) is 3.13. The summed E-state index contributed by atoms with van der Waals surface area (Å²) >= 11 is 13.3. The molecule has 0 spiro atoms. The highest BCUT2D eigenvalue weighted by molar-refractivity contribution is 14.1. The lowest BCUT2D eigenvalue weighted by Crippen LogP contribution is -2.06. The highest BCUT2D eigenvalue weighted by atomic mass is 127. The molecule has 20 heavy (non-hydrogen) atoms. The Bertz CT molecular complexity index is 882. The molecular weight excluding hydrogens is 399 g/mol. The van der Waals surface area contributed by atoms with Crippen LogP contribution in [0.15, 0.2) is 48.5 Å². The van der Waals surface area contributed by atoms with Gasteiger partial charge in [-0.2, -0.15) is 0 Å². The van der Waals surface area contributed by atoms with Gasteiger partial charge >= 0.3 is 0 Å². The van der Waals surface area contributed by atoms with Crippen molar-refractivity contribution in [3.63, 3.8) is 0 Å². The van der Waals surface area contributed by atoms with E-state index in [0.29, 0.717) is 11.3 Å². The summed E-state index contributed by atoms with van der Waals surface area (Å²) in [7, 11) is 0. The predicted molar refractivity (Wildman–Crippen MR) is 96.2 cm³/mol. The van der Waals surface area contributed by atoms with E-state index in [1.807, 2.05) is 34.9 Å². The lowest BCUT2D eigenvalue weighted by Gasteiger charge is -2.10. The van der Waals surface area contributed by atoms with E-state index in [1.165, 1.54) is 5.56 Å². The molecule has 1 aromatic heterocycles. The third kappa shape index (κ3) is 2.70. The van der Waals surface area contributed by atoms with Crippen LogP contribution in [0.2, 0.25) is 0 Å². The third-order valence-corrected chi connectivity index (χ3v) is 4.56. The van der Waals surface area contributed by atoms with Crippen LogP contribution in [0.1, 0.15) is 5.56 Å². The van der Waals surface area contributed by atoms with Gasteiger partial charge in [0.15, 0.2) is 4.77 Å². The Kier molecular flexibility index (Phi) is 4.00. The Morgan fingerprint density at radius 1 is 1.05 bits per heavy atom. The first-order chi connectivity index (χ1) is 9.65. The van der Waals surface area contributed by atoms with E-state index < -0.39 is 0 Å². The van der Waals surface area contributed by atoms with Crippen LogP contribution in [-0.2, 0) is 6.54 Å². The number of H-pyrrole nitrogens is 1. The van der Waals surface area contributed by atoms with Gasteiger partial charge in [0.25, 0.3) is 0 Å². The monoisotopic (exact) mass is 410 g/mol. The fraction of sp³-hybridized carbons (Fsp3) is 0.0667. The quantitative estimate of drug-likeness (QED) is 0.470. The molecule has 5 heteroatoms. The summed E-state index contributed by atoms with van der Waals surface area (Å²) in [5, 5.41) is 1.04. The smallest absolute Gasteiger partial charge is 0.178 e. The number of rotatable bonds is 2. The SMILES string of the molecule is S=c1[nH]c2ccc(I)cc2c(=S)n1Cc1ccccc1. The summed E-state index contributed by atoms with van der Waals surface area (Å²) in [5.41, 5.74) is 2.18. The van der Waals surface area contributed by atoms with Crippen molar-refractivity contribution in [2.24, 2.45) is 0 Å². The van der Waals surface area contributed by atoms with Gasteiger partial charge in [-0.1, -0.05) is 42.5 Å². The van der Waals surface area contributed by atoms with Crippen molar-refractivity contribution in [3.05, 3.63) is 67.1 Å². The Balaban J connectivity index is 2.21. The lowest BCUT2D eigenvalue weighted by molar-refractivity contribution is 0.751. The van der Waals surface area contributed by atoms with Crippen molar-refractivity contribution < 1.29 is 0 Å². The van der Waals surface area contributed by atoms with Gasteiger partial charge in [0, 0.05) is 8.96 Å². The molecule has 3 aromatic rings. The second-order valence-corrected chi connectivity index (χ2v) is 6.52. The van der Waals surface area contributed by atoms with E-state index in [0.717, 1.165) is 19.1 Å². The van der Waals surface area contributed by atoms with Crippen molar-refractivity contribution in [1.29, 1.82) is 0 Å². The number of aromatic nitrogens is 2. The molecule has 1 N–H and O–H groups in total. The number of nitrogens with zero attached hydrogens (tertiary/aromatic N) is 1. The molecule has 100 valence electrons. The van der Waals surface area contributed by atoms with Gasteiger partial charge in [0.1, 0.15) is 4.64 Å². The van der Waals surface area contributed by atoms with Crippen LogP contribution < -0.4 is 0 Å². The van der Waals surface area contributed by atoms with Crippen molar-refractivity contribution in [2.45, 2.75) is 6.54 Å². The van der Waals surface area contributed by atoms with Gasteiger partial charge in [0.2, 0.25) is 0 Å². The highest BCUT2D eigenvalue weighted by Gasteiger charge is 2.04. The maximum Gasteiger partial charge on any atom is 0.178 e. The molecular formula is C15H11IN2S2. The molecule has 0 aliphatic heterocycles. The second-order valence-electron chi connectivity index (χ2n) is 4.50. The zero-order chi connectivity index (χ0) is 14.1. The molecule has 2 aromatic carbocycles. The van der Waals surface area contributed by atoms with Crippen molar-refractivity contribution in [1.82, 2.24) is 9.55 Å². The summed E-state index contributed by atoms with van der Waals surface area (Å²) in [6.45, 7) is 0.691. The Morgan fingerprint density at radius 2 is 1.80 bits per heavy atom. The fourth-order valence-electron chi connectivity index (χ4n) is 2.13. The number of fused-ring (bicyclic) bond motifs is 1. The highest BCUT2D eigenvalue weighted by Crippen LogP contribution is 2.18. The maximum absolute atomic E-state index is 5.61. The maximum atomic E-state index is 5.61. The zero-order valence-corrected chi connectivity index (χ0v) is 14.3. The zero-order valence-electron chi connectivity index (χ0n) is 10.5. The molecule has 0 bridgehead atoms.